The van der Waals surface area contributed by atoms with Gasteiger partial charge in [-0.2, -0.15) is 0 Å². The Bertz CT molecular complexity index is 601. The molecule has 1 aromatic carbocycles. The lowest BCUT2D eigenvalue weighted by Crippen LogP contribution is -2.50. The summed E-state index contributed by atoms with van der Waals surface area (Å²) in [5, 5.41) is 6.78. The van der Waals surface area contributed by atoms with Crippen molar-refractivity contribution in [2.24, 2.45) is 10.9 Å². The molecule has 6 nitrogen and oxygen atoms in total. The van der Waals surface area contributed by atoms with Gasteiger partial charge in [-0.15, -0.1) is 0 Å². The molecule has 2 rings (SSSR count). The van der Waals surface area contributed by atoms with Crippen LogP contribution in [0.2, 0.25) is 0 Å². The first-order valence-corrected chi connectivity index (χ1v) is 11.0. The number of hydrogen-bond donors (Lipinski definition) is 2. The minimum Gasteiger partial charge on any atom is -0.374 e. The summed E-state index contributed by atoms with van der Waals surface area (Å²) in [6.45, 7) is 17.6. The molecule has 0 saturated carbocycles. The molecule has 0 aliphatic carbocycles. The van der Waals surface area contributed by atoms with Crippen LogP contribution < -0.4 is 10.6 Å². The molecule has 6 heteroatoms. The zero-order chi connectivity index (χ0) is 21.1. The summed E-state index contributed by atoms with van der Waals surface area (Å²) in [6.07, 6.45) is 0.449. The summed E-state index contributed by atoms with van der Waals surface area (Å²) in [5.74, 6) is 1.52. The summed E-state index contributed by atoms with van der Waals surface area (Å²) in [6, 6.07) is 8.49. The SMILES string of the molecule is CCNC(=NCc1ccc(COC(C)C)cc1)NCC1CN(CC(C)C)CCO1. The highest BCUT2D eigenvalue weighted by Gasteiger charge is 2.21. The van der Waals surface area contributed by atoms with Gasteiger partial charge in [-0.25, -0.2) is 4.99 Å². The average molecular weight is 405 g/mol. The van der Waals surface area contributed by atoms with Crippen LogP contribution >= 0.6 is 0 Å². The zero-order valence-electron chi connectivity index (χ0n) is 18.9. The highest BCUT2D eigenvalue weighted by atomic mass is 16.5. The third-order valence-electron chi connectivity index (χ3n) is 4.71. The minimum atomic E-state index is 0.201. The Morgan fingerprint density at radius 2 is 1.90 bits per heavy atom. The predicted octanol–water partition coefficient (Wildman–Crippen LogP) is 3.02. The Hall–Kier alpha value is -1.63. The van der Waals surface area contributed by atoms with Crippen LogP contribution in [-0.2, 0) is 22.6 Å². The molecule has 0 aromatic heterocycles. The van der Waals surface area contributed by atoms with E-state index in [9.17, 15) is 0 Å². The molecule has 1 aliphatic heterocycles. The number of benzene rings is 1. The Morgan fingerprint density at radius 3 is 2.55 bits per heavy atom. The van der Waals surface area contributed by atoms with E-state index < -0.39 is 0 Å². The van der Waals surface area contributed by atoms with Gasteiger partial charge in [0.15, 0.2) is 5.96 Å². The molecule has 164 valence electrons. The van der Waals surface area contributed by atoms with Crippen LogP contribution in [0.15, 0.2) is 29.3 Å². The molecule has 0 amide bonds. The van der Waals surface area contributed by atoms with Gasteiger partial charge in [0, 0.05) is 32.7 Å². The van der Waals surface area contributed by atoms with E-state index in [4.69, 9.17) is 14.5 Å². The van der Waals surface area contributed by atoms with E-state index in [1.54, 1.807) is 0 Å². The highest BCUT2D eigenvalue weighted by Crippen LogP contribution is 2.09. The Balaban J connectivity index is 1.82. The summed E-state index contributed by atoms with van der Waals surface area (Å²) >= 11 is 0. The standard InChI is InChI=1S/C23H40N4O2/c1-6-24-23(26-14-22-16-27(11-12-28-22)15-18(2)3)25-13-20-7-9-21(10-8-20)17-29-19(4)5/h7-10,18-19,22H,6,11-17H2,1-5H3,(H2,24,25,26). The van der Waals surface area contributed by atoms with E-state index in [1.807, 2.05) is 0 Å². The number of guanidine groups is 1. The topological polar surface area (TPSA) is 58.1 Å². The van der Waals surface area contributed by atoms with Crippen molar-refractivity contribution in [2.75, 3.05) is 39.3 Å². The Kier molecular flexibility index (Phi) is 10.5. The lowest BCUT2D eigenvalue weighted by molar-refractivity contribution is -0.0284. The fourth-order valence-corrected chi connectivity index (χ4v) is 3.31. The number of morpholine rings is 1. The molecule has 0 radical (unpaired) electrons. The van der Waals surface area contributed by atoms with Crippen LogP contribution in [0.5, 0.6) is 0 Å². The second-order valence-corrected chi connectivity index (χ2v) is 8.40. The van der Waals surface area contributed by atoms with Crippen molar-refractivity contribution in [2.45, 2.75) is 60.0 Å². The van der Waals surface area contributed by atoms with Gasteiger partial charge in [-0.1, -0.05) is 38.1 Å². The van der Waals surface area contributed by atoms with Gasteiger partial charge in [-0.3, -0.25) is 4.90 Å². The molecule has 1 saturated heterocycles. The van der Waals surface area contributed by atoms with Gasteiger partial charge < -0.3 is 20.1 Å². The van der Waals surface area contributed by atoms with Crippen molar-refractivity contribution in [3.63, 3.8) is 0 Å². The molecular formula is C23H40N4O2. The van der Waals surface area contributed by atoms with Gasteiger partial charge in [0.05, 0.1) is 32.0 Å². The maximum absolute atomic E-state index is 5.94. The van der Waals surface area contributed by atoms with Crippen molar-refractivity contribution < 1.29 is 9.47 Å². The summed E-state index contributed by atoms with van der Waals surface area (Å²) in [7, 11) is 0. The number of rotatable bonds is 10. The zero-order valence-corrected chi connectivity index (χ0v) is 18.9. The van der Waals surface area contributed by atoms with Crippen molar-refractivity contribution in [3.05, 3.63) is 35.4 Å². The predicted molar refractivity (Wildman–Crippen MR) is 120 cm³/mol. The first-order chi connectivity index (χ1) is 14.0. The van der Waals surface area contributed by atoms with Crippen LogP contribution in [0.1, 0.15) is 45.7 Å². The fraction of sp³-hybridized carbons (Fsp3) is 0.696. The van der Waals surface area contributed by atoms with E-state index >= 15 is 0 Å². The van der Waals surface area contributed by atoms with Crippen LogP contribution in [0.3, 0.4) is 0 Å². The lowest BCUT2D eigenvalue weighted by Gasteiger charge is -2.34. The second-order valence-electron chi connectivity index (χ2n) is 8.40. The normalized spacial score (nSPS) is 18.4. The van der Waals surface area contributed by atoms with E-state index in [-0.39, 0.29) is 12.2 Å². The molecule has 1 aliphatic rings. The Morgan fingerprint density at radius 1 is 1.17 bits per heavy atom. The summed E-state index contributed by atoms with van der Waals surface area (Å²) < 4.78 is 11.6. The second kappa shape index (κ2) is 12.8. The summed E-state index contributed by atoms with van der Waals surface area (Å²) in [5.41, 5.74) is 2.38. The molecule has 0 spiro atoms. The number of aliphatic imine (C=N–C) groups is 1. The van der Waals surface area contributed by atoms with E-state index in [0.29, 0.717) is 19.1 Å². The summed E-state index contributed by atoms with van der Waals surface area (Å²) in [4.78, 5) is 7.23. The lowest BCUT2D eigenvalue weighted by atomic mass is 10.1. The quantitative estimate of drug-likeness (QED) is 0.464. The van der Waals surface area contributed by atoms with Gasteiger partial charge in [0.25, 0.3) is 0 Å². The van der Waals surface area contributed by atoms with Crippen molar-refractivity contribution in [1.82, 2.24) is 15.5 Å². The fourth-order valence-electron chi connectivity index (χ4n) is 3.31. The van der Waals surface area contributed by atoms with E-state index in [1.165, 1.54) is 11.1 Å². The number of ether oxygens (including phenoxy) is 2. The molecule has 2 N–H and O–H groups in total. The van der Waals surface area contributed by atoms with Gasteiger partial charge in [0.1, 0.15) is 0 Å². The smallest absolute Gasteiger partial charge is 0.191 e. The van der Waals surface area contributed by atoms with Crippen LogP contribution in [-0.4, -0.2) is 62.4 Å². The largest absolute Gasteiger partial charge is 0.374 e. The molecular weight excluding hydrogens is 364 g/mol. The van der Waals surface area contributed by atoms with Crippen LogP contribution in [0.25, 0.3) is 0 Å². The number of nitrogens with one attached hydrogen (secondary N) is 2. The molecule has 0 bridgehead atoms. The third-order valence-corrected chi connectivity index (χ3v) is 4.71. The highest BCUT2D eigenvalue weighted by molar-refractivity contribution is 5.79. The number of nitrogens with zero attached hydrogens (tertiary/aromatic N) is 2. The van der Waals surface area contributed by atoms with Crippen LogP contribution in [0, 0.1) is 5.92 Å². The monoisotopic (exact) mass is 404 g/mol. The van der Waals surface area contributed by atoms with Crippen molar-refractivity contribution in [1.29, 1.82) is 0 Å². The third kappa shape index (κ3) is 9.61. The molecule has 1 unspecified atom stereocenters. The Labute approximate surface area is 177 Å². The van der Waals surface area contributed by atoms with E-state index in [2.05, 4.69) is 74.4 Å². The minimum absolute atomic E-state index is 0.201. The van der Waals surface area contributed by atoms with E-state index in [0.717, 1.165) is 45.3 Å². The molecule has 1 aromatic rings. The maximum Gasteiger partial charge on any atom is 0.191 e. The first-order valence-electron chi connectivity index (χ1n) is 11.0. The molecule has 1 atom stereocenters. The van der Waals surface area contributed by atoms with Gasteiger partial charge in [-0.05, 0) is 37.8 Å². The van der Waals surface area contributed by atoms with Gasteiger partial charge in [0.2, 0.25) is 0 Å². The maximum atomic E-state index is 5.94. The average Bonchev–Trinajstić information content (AvgIpc) is 2.69. The first kappa shape index (κ1) is 23.6. The molecule has 1 heterocycles. The number of hydrogen-bond acceptors (Lipinski definition) is 4. The van der Waals surface area contributed by atoms with Crippen molar-refractivity contribution in [3.8, 4) is 0 Å². The molecule has 29 heavy (non-hydrogen) atoms. The van der Waals surface area contributed by atoms with Crippen LogP contribution in [0.4, 0.5) is 0 Å². The van der Waals surface area contributed by atoms with Crippen molar-refractivity contribution >= 4 is 5.96 Å². The van der Waals surface area contributed by atoms with Gasteiger partial charge >= 0.3 is 0 Å². The molecule has 1 fully saturated rings.